The number of nitrogens with one attached hydrogen (secondary N) is 1. The number of ether oxygens (including phenoxy) is 1. The molecule has 31 heavy (non-hydrogen) atoms. The summed E-state index contributed by atoms with van der Waals surface area (Å²) >= 11 is 1.23. The molecule has 1 N–H and O–H groups in total. The highest BCUT2D eigenvalue weighted by atomic mass is 32.2. The number of hydrogen-bond donors (Lipinski definition) is 1. The highest BCUT2D eigenvalue weighted by Gasteiger charge is 2.12. The Hall–Kier alpha value is -3.79. The Morgan fingerprint density at radius 3 is 2.68 bits per heavy atom. The molecule has 0 fully saturated rings. The Bertz CT molecular complexity index is 1210. The summed E-state index contributed by atoms with van der Waals surface area (Å²) in [5, 5.41) is 16.1. The minimum Gasteiger partial charge on any atom is -0.462 e. The highest BCUT2D eigenvalue weighted by Crippen LogP contribution is 2.20. The molecule has 0 saturated heterocycles. The van der Waals surface area contributed by atoms with E-state index in [1.807, 2.05) is 24.3 Å². The molecule has 156 valence electrons. The molecular weight excluding hydrogens is 416 g/mol. The van der Waals surface area contributed by atoms with Crippen LogP contribution in [0.4, 0.5) is 5.69 Å². The Morgan fingerprint density at radius 2 is 1.94 bits per heavy atom. The largest absolute Gasteiger partial charge is 0.462 e. The zero-order valence-corrected chi connectivity index (χ0v) is 17.4. The number of aromatic nitrogens is 5. The van der Waals surface area contributed by atoms with Gasteiger partial charge in [0.2, 0.25) is 11.1 Å². The predicted octanol–water partition coefficient (Wildman–Crippen LogP) is 3.09. The first-order chi connectivity index (χ1) is 15.1. The lowest BCUT2D eigenvalue weighted by Crippen LogP contribution is -2.14. The van der Waals surface area contributed by atoms with Gasteiger partial charge in [0.15, 0.2) is 5.65 Å². The summed E-state index contributed by atoms with van der Waals surface area (Å²) < 4.78 is 6.55. The fourth-order valence-corrected chi connectivity index (χ4v) is 3.45. The topological polar surface area (TPSA) is 111 Å². The molecule has 0 unspecified atom stereocenters. The quantitative estimate of drug-likeness (QED) is 0.349. The van der Waals surface area contributed by atoms with E-state index in [1.54, 1.807) is 48.1 Å². The van der Waals surface area contributed by atoms with Crippen LogP contribution in [0.15, 0.2) is 66.1 Å². The van der Waals surface area contributed by atoms with E-state index < -0.39 is 5.97 Å². The second-order valence-corrected chi connectivity index (χ2v) is 7.29. The number of benzene rings is 1. The number of esters is 1. The van der Waals surface area contributed by atoms with Crippen LogP contribution in [-0.2, 0) is 9.53 Å². The molecule has 0 radical (unpaired) electrons. The second kappa shape index (κ2) is 9.35. The Kier molecular flexibility index (Phi) is 6.18. The summed E-state index contributed by atoms with van der Waals surface area (Å²) in [4.78, 5) is 28.2. The monoisotopic (exact) mass is 434 g/mol. The molecule has 0 spiro atoms. The molecule has 0 aliphatic carbocycles. The van der Waals surface area contributed by atoms with Gasteiger partial charge in [0.25, 0.3) is 0 Å². The SMILES string of the molecule is CCOC(=O)c1ccc(NC(=O)CSc2nnc3ccc(-c4cccnc4)nn23)cc1. The van der Waals surface area contributed by atoms with Crippen molar-refractivity contribution in [3.63, 3.8) is 0 Å². The molecule has 0 bridgehead atoms. The number of rotatable bonds is 7. The number of fused-ring (bicyclic) bond motifs is 1. The number of nitrogens with zero attached hydrogens (tertiary/aromatic N) is 5. The summed E-state index contributed by atoms with van der Waals surface area (Å²) in [6.45, 7) is 2.06. The van der Waals surface area contributed by atoms with Gasteiger partial charge in [0, 0.05) is 23.6 Å². The van der Waals surface area contributed by atoms with Crippen LogP contribution < -0.4 is 5.32 Å². The summed E-state index contributed by atoms with van der Waals surface area (Å²) in [5.41, 5.74) is 3.21. The highest BCUT2D eigenvalue weighted by molar-refractivity contribution is 7.99. The standard InChI is InChI=1S/C21H18N6O3S/c1-2-30-20(29)14-5-7-16(8-6-14)23-19(28)13-31-21-25-24-18-10-9-17(26-27(18)21)15-4-3-11-22-12-15/h3-12H,2,13H2,1H3,(H,23,28). The van der Waals surface area contributed by atoms with Crippen molar-refractivity contribution < 1.29 is 14.3 Å². The number of hydrogen-bond acceptors (Lipinski definition) is 8. The van der Waals surface area contributed by atoms with Gasteiger partial charge in [-0.15, -0.1) is 10.2 Å². The molecule has 0 saturated carbocycles. The smallest absolute Gasteiger partial charge is 0.338 e. The maximum atomic E-state index is 12.3. The molecule has 3 heterocycles. The third-order valence-corrected chi connectivity index (χ3v) is 5.12. The first-order valence-electron chi connectivity index (χ1n) is 9.47. The van der Waals surface area contributed by atoms with Gasteiger partial charge in [-0.1, -0.05) is 11.8 Å². The maximum absolute atomic E-state index is 12.3. The maximum Gasteiger partial charge on any atom is 0.338 e. The van der Waals surface area contributed by atoms with Crippen LogP contribution in [0.5, 0.6) is 0 Å². The normalized spacial score (nSPS) is 10.7. The van der Waals surface area contributed by atoms with Gasteiger partial charge in [-0.05, 0) is 55.5 Å². The summed E-state index contributed by atoms with van der Waals surface area (Å²) in [6.07, 6.45) is 3.43. The average molecular weight is 434 g/mol. The summed E-state index contributed by atoms with van der Waals surface area (Å²) in [7, 11) is 0. The van der Waals surface area contributed by atoms with E-state index in [9.17, 15) is 9.59 Å². The van der Waals surface area contributed by atoms with Crippen LogP contribution in [0, 0.1) is 0 Å². The number of anilines is 1. The number of amides is 1. The number of carbonyl (C=O) groups is 2. The number of carbonyl (C=O) groups excluding carboxylic acids is 2. The predicted molar refractivity (Wildman–Crippen MR) is 116 cm³/mol. The third kappa shape index (κ3) is 4.86. The van der Waals surface area contributed by atoms with Crippen LogP contribution in [0.25, 0.3) is 16.9 Å². The van der Waals surface area contributed by atoms with Gasteiger partial charge in [-0.3, -0.25) is 9.78 Å². The van der Waals surface area contributed by atoms with E-state index in [0.29, 0.717) is 28.7 Å². The Balaban J connectivity index is 1.41. The second-order valence-electron chi connectivity index (χ2n) is 6.35. The number of pyridine rings is 1. The fourth-order valence-electron chi connectivity index (χ4n) is 2.76. The third-order valence-electron chi connectivity index (χ3n) is 4.20. The van der Waals surface area contributed by atoms with Crippen LogP contribution in [-0.4, -0.2) is 49.0 Å². The molecule has 0 aliphatic rings. The van der Waals surface area contributed by atoms with E-state index in [1.165, 1.54) is 11.8 Å². The molecule has 4 aromatic rings. The van der Waals surface area contributed by atoms with E-state index in [0.717, 1.165) is 11.3 Å². The fraction of sp³-hybridized carbons (Fsp3) is 0.143. The van der Waals surface area contributed by atoms with E-state index in [-0.39, 0.29) is 11.7 Å². The van der Waals surface area contributed by atoms with Crippen LogP contribution in [0.2, 0.25) is 0 Å². The van der Waals surface area contributed by atoms with Gasteiger partial charge in [-0.2, -0.15) is 9.61 Å². The van der Waals surface area contributed by atoms with E-state index >= 15 is 0 Å². The average Bonchev–Trinajstić information content (AvgIpc) is 3.21. The summed E-state index contributed by atoms with van der Waals surface area (Å²) in [5.74, 6) is -0.485. The minimum absolute atomic E-state index is 0.124. The first kappa shape index (κ1) is 20.5. The van der Waals surface area contributed by atoms with Crippen molar-refractivity contribution >= 4 is 35.0 Å². The van der Waals surface area contributed by atoms with Gasteiger partial charge >= 0.3 is 5.97 Å². The van der Waals surface area contributed by atoms with Crippen molar-refractivity contribution in [3.05, 3.63) is 66.5 Å². The van der Waals surface area contributed by atoms with Crippen LogP contribution in [0.1, 0.15) is 17.3 Å². The molecule has 4 rings (SSSR count). The molecule has 3 aromatic heterocycles. The molecule has 10 heteroatoms. The van der Waals surface area contributed by atoms with Gasteiger partial charge in [0.05, 0.1) is 23.6 Å². The molecule has 0 aliphatic heterocycles. The zero-order valence-electron chi connectivity index (χ0n) is 16.6. The number of thioether (sulfide) groups is 1. The van der Waals surface area contributed by atoms with Crippen molar-refractivity contribution in [2.45, 2.75) is 12.1 Å². The van der Waals surface area contributed by atoms with Crippen LogP contribution >= 0.6 is 11.8 Å². The molecular formula is C21H18N6O3S. The van der Waals surface area contributed by atoms with E-state index in [4.69, 9.17) is 4.74 Å². The summed E-state index contributed by atoms with van der Waals surface area (Å²) in [6, 6.07) is 13.9. The van der Waals surface area contributed by atoms with Crippen molar-refractivity contribution in [2.24, 2.45) is 0 Å². The first-order valence-corrected chi connectivity index (χ1v) is 10.5. The zero-order chi connectivity index (χ0) is 21.6. The Labute approximate surface area is 181 Å². The van der Waals surface area contributed by atoms with Gasteiger partial charge < -0.3 is 10.1 Å². The molecule has 1 aromatic carbocycles. The van der Waals surface area contributed by atoms with Gasteiger partial charge in [0.1, 0.15) is 0 Å². The molecule has 1 amide bonds. The lowest BCUT2D eigenvalue weighted by atomic mass is 10.2. The van der Waals surface area contributed by atoms with Crippen molar-refractivity contribution in [1.82, 2.24) is 24.8 Å². The molecule has 0 atom stereocenters. The lowest BCUT2D eigenvalue weighted by Gasteiger charge is -2.06. The van der Waals surface area contributed by atoms with Crippen molar-refractivity contribution in [1.29, 1.82) is 0 Å². The van der Waals surface area contributed by atoms with Crippen molar-refractivity contribution in [3.8, 4) is 11.3 Å². The Morgan fingerprint density at radius 1 is 1.10 bits per heavy atom. The van der Waals surface area contributed by atoms with Crippen LogP contribution in [0.3, 0.4) is 0 Å². The van der Waals surface area contributed by atoms with Gasteiger partial charge in [-0.25, -0.2) is 4.79 Å². The minimum atomic E-state index is -0.396. The lowest BCUT2D eigenvalue weighted by molar-refractivity contribution is -0.113. The molecule has 9 nitrogen and oxygen atoms in total. The van der Waals surface area contributed by atoms with Crippen molar-refractivity contribution in [2.75, 3.05) is 17.7 Å². The van der Waals surface area contributed by atoms with E-state index in [2.05, 4.69) is 25.6 Å².